The highest BCUT2D eigenvalue weighted by Crippen LogP contribution is 2.41. The number of hydrogen-bond donors (Lipinski definition) is 1. The van der Waals surface area contributed by atoms with Crippen LogP contribution < -0.4 is 10.4 Å². The first-order valence-electron chi connectivity index (χ1n) is 7.29. The van der Waals surface area contributed by atoms with Crippen molar-refractivity contribution in [1.82, 2.24) is 0 Å². The number of carbonyl (C=O) groups is 1. The van der Waals surface area contributed by atoms with E-state index in [0.29, 0.717) is 12.8 Å². The lowest BCUT2D eigenvalue weighted by Crippen LogP contribution is -2.44. The van der Waals surface area contributed by atoms with Crippen molar-refractivity contribution in [2.75, 3.05) is 5.32 Å². The highest BCUT2D eigenvalue weighted by atomic mass is 16.4. The van der Waals surface area contributed by atoms with Crippen LogP contribution in [0.15, 0.2) is 60.7 Å². The molecule has 1 aliphatic rings. The maximum absolute atomic E-state index is 11.8. The molecule has 2 aromatic carbocycles. The first-order chi connectivity index (χ1) is 10.2. The van der Waals surface area contributed by atoms with Gasteiger partial charge in [0, 0.05) is 17.1 Å². The average Bonchev–Trinajstić information content (AvgIpc) is 2.94. The molecule has 0 unspecified atom stereocenters. The summed E-state index contributed by atoms with van der Waals surface area (Å²) in [7, 11) is 0. The fourth-order valence-electron chi connectivity index (χ4n) is 3.26. The van der Waals surface area contributed by atoms with E-state index in [2.05, 4.69) is 5.32 Å². The SMILES string of the molecule is O=C([O-])[C@@]1(c2ccccc2)CC[C@H](Nc2ccccc2)C1. The van der Waals surface area contributed by atoms with Crippen LogP contribution in [0.4, 0.5) is 5.69 Å². The van der Waals surface area contributed by atoms with Crippen molar-refractivity contribution in [3.63, 3.8) is 0 Å². The molecule has 3 rings (SSSR count). The molecule has 0 saturated heterocycles. The van der Waals surface area contributed by atoms with Crippen LogP contribution in [0.2, 0.25) is 0 Å². The first-order valence-corrected chi connectivity index (χ1v) is 7.29. The van der Waals surface area contributed by atoms with Crippen LogP contribution in [0.3, 0.4) is 0 Å². The Balaban J connectivity index is 1.81. The van der Waals surface area contributed by atoms with Gasteiger partial charge in [-0.1, -0.05) is 48.5 Å². The first kappa shape index (κ1) is 13.7. The van der Waals surface area contributed by atoms with Crippen LogP contribution in [-0.2, 0) is 10.2 Å². The smallest absolute Gasteiger partial charge is 0.0521 e. The van der Waals surface area contributed by atoms with E-state index < -0.39 is 11.4 Å². The Hall–Kier alpha value is -2.29. The van der Waals surface area contributed by atoms with E-state index in [4.69, 9.17) is 0 Å². The summed E-state index contributed by atoms with van der Waals surface area (Å²) in [5.41, 5.74) is 1.01. The van der Waals surface area contributed by atoms with Gasteiger partial charge in [-0.3, -0.25) is 0 Å². The fraction of sp³-hybridized carbons (Fsp3) is 0.278. The Morgan fingerprint density at radius 1 is 1.05 bits per heavy atom. The minimum Gasteiger partial charge on any atom is -0.549 e. The van der Waals surface area contributed by atoms with E-state index in [0.717, 1.165) is 17.7 Å². The van der Waals surface area contributed by atoms with Gasteiger partial charge < -0.3 is 15.2 Å². The average molecular weight is 280 g/mol. The number of anilines is 1. The third-order valence-corrected chi connectivity index (χ3v) is 4.38. The zero-order chi connectivity index (χ0) is 14.7. The molecule has 3 heteroatoms. The van der Waals surface area contributed by atoms with Crippen molar-refractivity contribution < 1.29 is 9.90 Å². The molecule has 0 aliphatic heterocycles. The summed E-state index contributed by atoms with van der Waals surface area (Å²) in [6.07, 6.45) is 2.01. The summed E-state index contributed by atoms with van der Waals surface area (Å²) in [4.78, 5) is 11.8. The summed E-state index contributed by atoms with van der Waals surface area (Å²) in [6, 6.07) is 19.5. The fourth-order valence-corrected chi connectivity index (χ4v) is 3.26. The Morgan fingerprint density at radius 2 is 1.67 bits per heavy atom. The van der Waals surface area contributed by atoms with Gasteiger partial charge in [-0.05, 0) is 37.0 Å². The molecule has 1 fully saturated rings. The van der Waals surface area contributed by atoms with Crippen LogP contribution in [0.1, 0.15) is 24.8 Å². The second kappa shape index (κ2) is 5.60. The third kappa shape index (κ3) is 2.64. The maximum Gasteiger partial charge on any atom is 0.0521 e. The van der Waals surface area contributed by atoms with Crippen LogP contribution in [0.5, 0.6) is 0 Å². The predicted molar refractivity (Wildman–Crippen MR) is 80.8 cm³/mol. The number of benzene rings is 2. The van der Waals surface area contributed by atoms with Gasteiger partial charge in [-0.25, -0.2) is 0 Å². The van der Waals surface area contributed by atoms with E-state index >= 15 is 0 Å². The minimum absolute atomic E-state index is 0.158. The number of carboxylic acids is 1. The summed E-state index contributed by atoms with van der Waals surface area (Å²) < 4.78 is 0. The van der Waals surface area contributed by atoms with Crippen molar-refractivity contribution >= 4 is 11.7 Å². The number of nitrogens with one attached hydrogen (secondary N) is 1. The summed E-state index contributed by atoms with van der Waals surface area (Å²) in [5, 5.41) is 15.2. The Kier molecular flexibility index (Phi) is 3.65. The summed E-state index contributed by atoms with van der Waals surface area (Å²) in [5.74, 6) is -0.967. The predicted octanol–water partition coefficient (Wildman–Crippen LogP) is 2.34. The Bertz CT molecular complexity index is 612. The molecule has 0 aromatic heterocycles. The van der Waals surface area contributed by atoms with Gasteiger partial charge in [0.1, 0.15) is 0 Å². The van der Waals surface area contributed by atoms with E-state index in [1.165, 1.54) is 0 Å². The molecule has 0 heterocycles. The lowest BCUT2D eigenvalue weighted by atomic mass is 9.79. The Labute approximate surface area is 124 Å². The lowest BCUT2D eigenvalue weighted by Gasteiger charge is -2.31. The summed E-state index contributed by atoms with van der Waals surface area (Å²) >= 11 is 0. The molecule has 1 N–H and O–H groups in total. The standard InChI is InChI=1S/C18H19NO2/c20-17(21)18(14-7-3-1-4-8-14)12-11-16(13-18)19-15-9-5-2-6-10-15/h1-10,16,19H,11-13H2,(H,20,21)/p-1/t16-,18-/m0/s1. The number of hydrogen-bond acceptors (Lipinski definition) is 3. The molecule has 0 radical (unpaired) electrons. The minimum atomic E-state index is -0.967. The van der Waals surface area contributed by atoms with Gasteiger partial charge in [-0.2, -0.15) is 0 Å². The molecule has 2 aromatic rings. The Morgan fingerprint density at radius 3 is 2.29 bits per heavy atom. The molecule has 108 valence electrons. The second-order valence-electron chi connectivity index (χ2n) is 5.69. The quantitative estimate of drug-likeness (QED) is 0.935. The maximum atomic E-state index is 11.8. The summed E-state index contributed by atoms with van der Waals surface area (Å²) in [6.45, 7) is 0. The van der Waals surface area contributed by atoms with Gasteiger partial charge in [-0.15, -0.1) is 0 Å². The van der Waals surface area contributed by atoms with Crippen LogP contribution in [0, 0.1) is 0 Å². The van der Waals surface area contributed by atoms with Crippen LogP contribution >= 0.6 is 0 Å². The topological polar surface area (TPSA) is 52.2 Å². The van der Waals surface area contributed by atoms with Crippen molar-refractivity contribution in [2.45, 2.75) is 30.7 Å². The van der Waals surface area contributed by atoms with Crippen molar-refractivity contribution in [3.05, 3.63) is 66.2 Å². The molecule has 21 heavy (non-hydrogen) atoms. The van der Waals surface area contributed by atoms with E-state index in [1.807, 2.05) is 60.7 Å². The van der Waals surface area contributed by atoms with Gasteiger partial charge in [0.2, 0.25) is 0 Å². The molecule has 2 atom stereocenters. The molecule has 1 aliphatic carbocycles. The van der Waals surface area contributed by atoms with Gasteiger partial charge in [0.25, 0.3) is 0 Å². The molecule has 0 amide bonds. The molecular formula is C18H18NO2-. The number of carbonyl (C=O) groups excluding carboxylic acids is 1. The van der Waals surface area contributed by atoms with Crippen molar-refractivity contribution in [1.29, 1.82) is 0 Å². The molecule has 0 bridgehead atoms. The highest BCUT2D eigenvalue weighted by molar-refractivity contribution is 5.80. The number of rotatable bonds is 4. The normalized spacial score (nSPS) is 24.7. The van der Waals surface area contributed by atoms with Gasteiger partial charge >= 0.3 is 0 Å². The number of aliphatic carboxylic acids is 1. The zero-order valence-electron chi connectivity index (χ0n) is 11.8. The lowest BCUT2D eigenvalue weighted by molar-refractivity contribution is -0.313. The zero-order valence-corrected chi connectivity index (χ0v) is 11.8. The molecule has 1 saturated carbocycles. The molecular weight excluding hydrogens is 262 g/mol. The van der Waals surface area contributed by atoms with Gasteiger partial charge in [0.05, 0.1) is 5.97 Å². The van der Waals surface area contributed by atoms with Crippen LogP contribution in [-0.4, -0.2) is 12.0 Å². The van der Waals surface area contributed by atoms with E-state index in [1.54, 1.807) is 0 Å². The molecule has 3 nitrogen and oxygen atoms in total. The van der Waals surface area contributed by atoms with Crippen molar-refractivity contribution in [3.8, 4) is 0 Å². The van der Waals surface area contributed by atoms with E-state index in [9.17, 15) is 9.90 Å². The van der Waals surface area contributed by atoms with Crippen LogP contribution in [0.25, 0.3) is 0 Å². The highest BCUT2D eigenvalue weighted by Gasteiger charge is 2.41. The molecule has 0 spiro atoms. The number of para-hydroxylation sites is 1. The number of carboxylic acid groups (broad SMARTS) is 1. The largest absolute Gasteiger partial charge is 0.549 e. The second-order valence-corrected chi connectivity index (χ2v) is 5.69. The van der Waals surface area contributed by atoms with E-state index in [-0.39, 0.29) is 6.04 Å². The van der Waals surface area contributed by atoms with Crippen molar-refractivity contribution in [2.24, 2.45) is 0 Å². The third-order valence-electron chi connectivity index (χ3n) is 4.38. The monoisotopic (exact) mass is 280 g/mol. The van der Waals surface area contributed by atoms with Gasteiger partial charge in [0.15, 0.2) is 0 Å².